The number of rotatable bonds is 7. The number of halogens is 1. The van der Waals surface area contributed by atoms with Gasteiger partial charge in [0.05, 0.1) is 0 Å². The monoisotopic (exact) mass is 295 g/mol. The van der Waals surface area contributed by atoms with Crippen molar-refractivity contribution in [3.8, 4) is 0 Å². The molecule has 1 aliphatic carbocycles. The summed E-state index contributed by atoms with van der Waals surface area (Å²) in [5, 5.41) is 0.627. The second-order valence-electron chi connectivity index (χ2n) is 5.90. The molecule has 0 radical (unpaired) electrons. The van der Waals surface area contributed by atoms with Crippen molar-refractivity contribution in [1.82, 2.24) is 9.97 Å². The van der Waals surface area contributed by atoms with Crippen LogP contribution in [0.4, 0.5) is 5.82 Å². The average Bonchev–Trinajstić information content (AvgIpc) is 3.27. The van der Waals surface area contributed by atoms with E-state index >= 15 is 0 Å². The largest absolute Gasteiger partial charge is 0.354 e. The average molecular weight is 296 g/mol. The molecule has 1 atom stereocenters. The van der Waals surface area contributed by atoms with Gasteiger partial charge < -0.3 is 4.90 Å². The van der Waals surface area contributed by atoms with E-state index in [0.717, 1.165) is 30.2 Å². The smallest absolute Gasteiger partial charge is 0.137 e. The predicted octanol–water partition coefficient (Wildman–Crippen LogP) is 4.72. The van der Waals surface area contributed by atoms with Crippen molar-refractivity contribution in [2.75, 3.05) is 11.4 Å². The Hall–Kier alpha value is -0.830. The molecule has 20 heavy (non-hydrogen) atoms. The van der Waals surface area contributed by atoms with E-state index in [0.29, 0.717) is 17.1 Å². The molecule has 1 saturated carbocycles. The second-order valence-corrected chi connectivity index (χ2v) is 6.26. The van der Waals surface area contributed by atoms with Crippen LogP contribution >= 0.6 is 11.6 Å². The quantitative estimate of drug-likeness (QED) is 0.682. The molecule has 1 aromatic heterocycles. The van der Waals surface area contributed by atoms with E-state index in [1.165, 1.54) is 25.7 Å². The molecule has 2 rings (SSSR count). The molecular weight excluding hydrogens is 270 g/mol. The Morgan fingerprint density at radius 3 is 2.55 bits per heavy atom. The minimum Gasteiger partial charge on any atom is -0.354 e. The summed E-state index contributed by atoms with van der Waals surface area (Å²) in [7, 11) is 0. The Balaban J connectivity index is 2.34. The van der Waals surface area contributed by atoms with Crippen LogP contribution in [-0.2, 0) is 0 Å². The lowest BCUT2D eigenvalue weighted by Gasteiger charge is -2.31. The van der Waals surface area contributed by atoms with Crippen LogP contribution in [0.1, 0.15) is 70.2 Å². The summed E-state index contributed by atoms with van der Waals surface area (Å²) < 4.78 is 0. The maximum atomic E-state index is 6.34. The molecule has 0 aliphatic heterocycles. The van der Waals surface area contributed by atoms with Gasteiger partial charge in [-0.25, -0.2) is 9.97 Å². The van der Waals surface area contributed by atoms with Gasteiger partial charge in [-0.05, 0) is 39.5 Å². The molecule has 1 heterocycles. The minimum atomic E-state index is 0.485. The van der Waals surface area contributed by atoms with Crippen molar-refractivity contribution in [2.24, 2.45) is 0 Å². The summed E-state index contributed by atoms with van der Waals surface area (Å²) in [4.78, 5) is 11.7. The van der Waals surface area contributed by atoms with Gasteiger partial charge in [-0.15, -0.1) is 0 Å². The molecule has 0 saturated heterocycles. The van der Waals surface area contributed by atoms with Crippen LogP contribution in [0, 0.1) is 6.92 Å². The first-order valence-electron chi connectivity index (χ1n) is 7.89. The van der Waals surface area contributed by atoms with Gasteiger partial charge in [0.15, 0.2) is 0 Å². The van der Waals surface area contributed by atoms with Crippen LogP contribution in [-0.4, -0.2) is 22.6 Å². The van der Waals surface area contributed by atoms with Gasteiger partial charge in [-0.1, -0.05) is 31.9 Å². The minimum absolute atomic E-state index is 0.485. The van der Waals surface area contributed by atoms with Crippen LogP contribution in [0.25, 0.3) is 0 Å². The number of unbranched alkanes of at least 4 members (excludes halogenated alkanes) is 1. The standard InChI is InChI=1S/C16H26ClN3/c1-5-7-10-20(11(3)6-2)16-12(4)14(17)18-15(19-16)13-8-9-13/h11,13H,5-10H2,1-4H3. The van der Waals surface area contributed by atoms with E-state index in [4.69, 9.17) is 16.6 Å². The topological polar surface area (TPSA) is 29.0 Å². The van der Waals surface area contributed by atoms with Gasteiger partial charge >= 0.3 is 0 Å². The van der Waals surface area contributed by atoms with E-state index in [9.17, 15) is 0 Å². The molecule has 1 aromatic rings. The van der Waals surface area contributed by atoms with Crippen molar-refractivity contribution >= 4 is 17.4 Å². The molecule has 3 nitrogen and oxygen atoms in total. The van der Waals surface area contributed by atoms with Crippen LogP contribution in [0.2, 0.25) is 5.15 Å². The van der Waals surface area contributed by atoms with Gasteiger partial charge in [-0.2, -0.15) is 0 Å². The summed E-state index contributed by atoms with van der Waals surface area (Å²) in [6, 6.07) is 0.485. The summed E-state index contributed by atoms with van der Waals surface area (Å²) in [5.41, 5.74) is 1.02. The molecule has 1 unspecified atom stereocenters. The Kier molecular flexibility index (Phi) is 5.25. The van der Waals surface area contributed by atoms with Gasteiger partial charge in [0.25, 0.3) is 0 Å². The van der Waals surface area contributed by atoms with E-state index in [-0.39, 0.29) is 0 Å². The van der Waals surface area contributed by atoms with Crippen molar-refractivity contribution in [2.45, 2.75) is 71.8 Å². The van der Waals surface area contributed by atoms with Crippen molar-refractivity contribution in [3.05, 3.63) is 16.5 Å². The molecular formula is C16H26ClN3. The zero-order valence-electron chi connectivity index (χ0n) is 13.1. The summed E-state index contributed by atoms with van der Waals surface area (Å²) in [6.07, 6.45) is 5.90. The van der Waals surface area contributed by atoms with Gasteiger partial charge in [0, 0.05) is 24.1 Å². The van der Waals surface area contributed by atoms with Crippen molar-refractivity contribution < 1.29 is 0 Å². The van der Waals surface area contributed by atoms with Crippen LogP contribution in [0.5, 0.6) is 0 Å². The SMILES string of the molecule is CCCCN(c1nc(C2CC2)nc(Cl)c1C)C(C)CC. The number of anilines is 1. The lowest BCUT2D eigenvalue weighted by Crippen LogP contribution is -2.35. The number of nitrogens with zero attached hydrogens (tertiary/aromatic N) is 3. The molecule has 1 aliphatic rings. The first kappa shape index (κ1) is 15.6. The third-order valence-corrected chi connectivity index (χ3v) is 4.54. The van der Waals surface area contributed by atoms with E-state index in [1.807, 2.05) is 6.92 Å². The summed E-state index contributed by atoms with van der Waals surface area (Å²) in [6.45, 7) is 9.80. The third kappa shape index (κ3) is 3.43. The molecule has 1 fully saturated rings. The lowest BCUT2D eigenvalue weighted by atomic mass is 10.1. The first-order valence-corrected chi connectivity index (χ1v) is 8.26. The Labute approximate surface area is 127 Å². The second kappa shape index (κ2) is 6.75. The molecule has 0 N–H and O–H groups in total. The molecule has 0 amide bonds. The summed E-state index contributed by atoms with van der Waals surface area (Å²) >= 11 is 6.34. The molecule has 0 aromatic carbocycles. The van der Waals surface area contributed by atoms with Crippen LogP contribution < -0.4 is 4.90 Å². The van der Waals surface area contributed by atoms with Crippen molar-refractivity contribution in [1.29, 1.82) is 0 Å². The van der Waals surface area contributed by atoms with E-state index < -0.39 is 0 Å². The number of aromatic nitrogens is 2. The number of hydrogen-bond donors (Lipinski definition) is 0. The predicted molar refractivity (Wildman–Crippen MR) is 85.8 cm³/mol. The van der Waals surface area contributed by atoms with Gasteiger partial charge in [0.1, 0.15) is 16.8 Å². The molecule has 0 bridgehead atoms. The fraction of sp³-hybridized carbons (Fsp3) is 0.750. The fourth-order valence-corrected chi connectivity index (χ4v) is 2.55. The van der Waals surface area contributed by atoms with E-state index in [1.54, 1.807) is 0 Å². The highest BCUT2D eigenvalue weighted by molar-refractivity contribution is 6.30. The normalized spacial score (nSPS) is 16.2. The fourth-order valence-electron chi connectivity index (χ4n) is 2.38. The zero-order valence-corrected chi connectivity index (χ0v) is 13.9. The van der Waals surface area contributed by atoms with Crippen molar-refractivity contribution in [3.63, 3.8) is 0 Å². The van der Waals surface area contributed by atoms with E-state index in [2.05, 4.69) is 30.7 Å². The summed E-state index contributed by atoms with van der Waals surface area (Å²) in [5.74, 6) is 2.53. The number of hydrogen-bond acceptors (Lipinski definition) is 3. The Bertz CT molecular complexity index is 457. The highest BCUT2D eigenvalue weighted by Gasteiger charge is 2.29. The lowest BCUT2D eigenvalue weighted by molar-refractivity contribution is 0.586. The third-order valence-electron chi connectivity index (χ3n) is 4.17. The molecule has 0 spiro atoms. The highest BCUT2D eigenvalue weighted by atomic mass is 35.5. The molecule has 4 heteroatoms. The van der Waals surface area contributed by atoms with Gasteiger partial charge in [-0.3, -0.25) is 0 Å². The highest BCUT2D eigenvalue weighted by Crippen LogP contribution is 2.40. The maximum absolute atomic E-state index is 6.34. The zero-order chi connectivity index (χ0) is 14.7. The Morgan fingerprint density at radius 1 is 1.30 bits per heavy atom. The molecule has 112 valence electrons. The van der Waals surface area contributed by atoms with Gasteiger partial charge in [0.2, 0.25) is 0 Å². The van der Waals surface area contributed by atoms with Crippen LogP contribution in [0.15, 0.2) is 0 Å². The maximum Gasteiger partial charge on any atom is 0.137 e. The first-order chi connectivity index (χ1) is 9.58. The Morgan fingerprint density at radius 2 is 2.00 bits per heavy atom. The van der Waals surface area contributed by atoms with Crippen LogP contribution in [0.3, 0.4) is 0 Å².